The first-order valence-electron chi connectivity index (χ1n) is 20.0. The summed E-state index contributed by atoms with van der Waals surface area (Å²) < 4.78 is 36.0. The fourth-order valence-corrected chi connectivity index (χ4v) is 8.01. The Bertz CT molecular complexity index is 3080. The minimum absolute atomic E-state index is 0.00847. The van der Waals surface area contributed by atoms with Crippen molar-refractivity contribution in [2.24, 2.45) is 0 Å². The maximum atomic E-state index is 9.38. The van der Waals surface area contributed by atoms with Gasteiger partial charge in [0.25, 0.3) is 0 Å². The molecule has 1 aromatic heterocycles. The predicted octanol–water partition coefficient (Wildman–Crippen LogP) is 13.4. The molecule has 0 unspecified atom stereocenters. The van der Waals surface area contributed by atoms with Gasteiger partial charge < -0.3 is 0 Å². The molecule has 8 aromatic carbocycles. The Balaban J connectivity index is 1.15. The Kier molecular flexibility index (Phi) is 6.26. The molecule has 0 saturated heterocycles. The highest BCUT2D eigenvalue weighted by Gasteiger charge is 2.36. The van der Waals surface area contributed by atoms with Gasteiger partial charge in [0.15, 0.2) is 5.82 Å². The van der Waals surface area contributed by atoms with E-state index in [1.165, 1.54) is 33.0 Å². The van der Waals surface area contributed by atoms with Crippen molar-refractivity contribution in [3.63, 3.8) is 0 Å². The summed E-state index contributed by atoms with van der Waals surface area (Å²) in [5, 5.41) is 4.59. The van der Waals surface area contributed by atoms with Gasteiger partial charge in [0, 0.05) is 22.1 Å². The third-order valence-corrected chi connectivity index (χ3v) is 10.8. The fourth-order valence-electron chi connectivity index (χ4n) is 8.01. The zero-order valence-electron chi connectivity index (χ0n) is 33.4. The van der Waals surface area contributed by atoms with E-state index in [1.807, 2.05) is 72.8 Å². The Morgan fingerprint density at radius 3 is 1.79 bits per heavy atom. The molecule has 0 bridgehead atoms. The second-order valence-electron chi connectivity index (χ2n) is 14.3. The Morgan fingerprint density at radius 1 is 0.434 bits per heavy atom. The largest absolute Gasteiger partial charge is 0.228 e. The third kappa shape index (κ3) is 5.26. The normalized spacial score (nSPS) is 13.9. The molecule has 10 rings (SSSR count). The minimum Gasteiger partial charge on any atom is -0.228 e. The first-order valence-corrected chi connectivity index (χ1v) is 18.0. The average Bonchev–Trinajstić information content (AvgIpc) is 3.46. The molecule has 0 spiro atoms. The summed E-state index contributed by atoms with van der Waals surface area (Å²) in [6.45, 7) is 4.64. The number of aromatic nitrogens is 2. The molecular formula is C51H36N2. The molecule has 1 aliphatic rings. The van der Waals surface area contributed by atoms with E-state index in [0.717, 1.165) is 33.0 Å². The van der Waals surface area contributed by atoms with Gasteiger partial charge >= 0.3 is 0 Å². The summed E-state index contributed by atoms with van der Waals surface area (Å²) in [6.07, 6.45) is 0. The van der Waals surface area contributed by atoms with Gasteiger partial charge in [-0.3, -0.25) is 0 Å². The van der Waals surface area contributed by atoms with Crippen molar-refractivity contribution < 1.29 is 5.48 Å². The maximum Gasteiger partial charge on any atom is 0.160 e. The van der Waals surface area contributed by atoms with Gasteiger partial charge in [-0.25, -0.2) is 9.97 Å². The second kappa shape index (κ2) is 12.3. The maximum absolute atomic E-state index is 9.38. The molecule has 0 saturated carbocycles. The summed E-state index contributed by atoms with van der Waals surface area (Å²) in [7, 11) is 0. The first-order chi connectivity index (χ1) is 27.7. The molecule has 0 N–H and O–H groups in total. The highest BCUT2D eigenvalue weighted by Crippen LogP contribution is 2.51. The smallest absolute Gasteiger partial charge is 0.160 e. The van der Waals surface area contributed by atoms with Crippen LogP contribution in [0.3, 0.4) is 0 Å². The molecule has 0 aliphatic heterocycles. The van der Waals surface area contributed by atoms with Crippen molar-refractivity contribution in [2.75, 3.05) is 0 Å². The van der Waals surface area contributed by atoms with Crippen molar-refractivity contribution in [2.45, 2.75) is 19.3 Å². The van der Waals surface area contributed by atoms with Crippen LogP contribution in [-0.4, -0.2) is 9.97 Å². The first kappa shape index (κ1) is 27.1. The number of hydrogen-bond acceptors (Lipinski definition) is 2. The van der Waals surface area contributed by atoms with Gasteiger partial charge in [-0.2, -0.15) is 0 Å². The molecule has 2 heteroatoms. The van der Waals surface area contributed by atoms with E-state index in [0.29, 0.717) is 28.3 Å². The quantitative estimate of drug-likeness (QED) is 0.181. The molecule has 0 radical (unpaired) electrons. The van der Waals surface area contributed by atoms with Crippen LogP contribution in [0.2, 0.25) is 0 Å². The lowest BCUT2D eigenvalue weighted by Gasteiger charge is -2.22. The van der Waals surface area contributed by atoms with Gasteiger partial charge in [0.1, 0.15) is 0 Å². The van der Waals surface area contributed by atoms with Gasteiger partial charge in [-0.15, -0.1) is 0 Å². The summed E-state index contributed by atoms with van der Waals surface area (Å²) in [6, 6.07) is 53.0. The van der Waals surface area contributed by atoms with E-state index in [2.05, 4.69) is 98.8 Å². The predicted molar refractivity (Wildman–Crippen MR) is 222 cm³/mol. The Labute approximate surface area is 315 Å². The Morgan fingerprint density at radius 2 is 1.02 bits per heavy atom. The summed E-state index contributed by atoms with van der Waals surface area (Å²) >= 11 is 0. The zero-order chi connectivity index (χ0) is 39.0. The molecule has 1 aliphatic carbocycles. The van der Waals surface area contributed by atoms with Crippen LogP contribution in [0.4, 0.5) is 0 Å². The van der Waals surface area contributed by atoms with Crippen LogP contribution in [0.25, 0.3) is 88.8 Å². The number of hydrogen-bond donors (Lipinski definition) is 0. The standard InChI is InChI=1S/C51H36N2/c1-51(2)46-31-38(24-25-43(46)45-29-36-18-9-10-19-37(36)30-47(45)51)40-26-27-44(42-23-12-11-22-41(40)42)49-32-48(52-50(53-49)34-16-7-4-8-17-34)39-21-13-20-35(28-39)33-14-5-3-6-15-33/h3-32H,1-2H3/i13D,20D,21D,28D. The van der Waals surface area contributed by atoms with Crippen molar-refractivity contribution in [1.29, 1.82) is 0 Å². The molecular weight excluding hydrogens is 641 g/mol. The number of fused-ring (bicyclic) bond motifs is 5. The SMILES string of the molecule is [2H]c1c([2H])c(-c2ccccc2)c([2H])c(-c2cc(-c3ccc(-c4ccc5c(c4)C(C)(C)c4cc6ccccc6cc4-5)c4ccccc34)nc(-c3ccccc3)n2)c1[2H]. The van der Waals surface area contributed by atoms with Gasteiger partial charge in [-0.1, -0.05) is 165 Å². The highest BCUT2D eigenvalue weighted by molar-refractivity contribution is 6.05. The van der Waals surface area contributed by atoms with Crippen molar-refractivity contribution in [3.05, 3.63) is 193 Å². The summed E-state index contributed by atoms with van der Waals surface area (Å²) in [5.41, 5.74) is 11.2. The number of rotatable bonds is 5. The average molecular weight is 681 g/mol. The fraction of sp³-hybridized carbons (Fsp3) is 0.0588. The summed E-state index contributed by atoms with van der Waals surface area (Å²) in [4.78, 5) is 10.1. The topological polar surface area (TPSA) is 25.8 Å². The molecule has 0 amide bonds. The minimum atomic E-state index is -0.245. The lowest BCUT2D eigenvalue weighted by Crippen LogP contribution is -2.15. The van der Waals surface area contributed by atoms with E-state index < -0.39 is 0 Å². The van der Waals surface area contributed by atoms with Crippen molar-refractivity contribution in [3.8, 4) is 67.3 Å². The monoisotopic (exact) mass is 680 g/mol. The molecule has 9 aromatic rings. The van der Waals surface area contributed by atoms with Gasteiger partial charge in [0.2, 0.25) is 0 Å². The van der Waals surface area contributed by atoms with Crippen LogP contribution in [0.5, 0.6) is 0 Å². The second-order valence-corrected chi connectivity index (χ2v) is 14.3. The van der Waals surface area contributed by atoms with E-state index >= 15 is 0 Å². The van der Waals surface area contributed by atoms with E-state index in [4.69, 9.17) is 14.1 Å². The highest BCUT2D eigenvalue weighted by atomic mass is 14.9. The van der Waals surface area contributed by atoms with E-state index in [9.17, 15) is 1.37 Å². The number of benzene rings is 8. The zero-order valence-corrected chi connectivity index (χ0v) is 29.4. The molecule has 0 atom stereocenters. The van der Waals surface area contributed by atoms with Crippen LogP contribution >= 0.6 is 0 Å². The molecule has 0 fully saturated rings. The van der Waals surface area contributed by atoms with Crippen LogP contribution in [-0.2, 0) is 5.41 Å². The van der Waals surface area contributed by atoms with Crippen LogP contribution in [0, 0.1) is 0 Å². The molecule has 1 heterocycles. The Hall–Kier alpha value is -6.64. The van der Waals surface area contributed by atoms with E-state index in [1.54, 1.807) is 0 Å². The van der Waals surface area contributed by atoms with Gasteiger partial charge in [-0.05, 0) is 96.4 Å². The lowest BCUT2D eigenvalue weighted by atomic mass is 9.81. The van der Waals surface area contributed by atoms with Crippen molar-refractivity contribution in [1.82, 2.24) is 9.97 Å². The van der Waals surface area contributed by atoms with Crippen molar-refractivity contribution >= 4 is 21.5 Å². The number of nitrogens with zero attached hydrogens (tertiary/aromatic N) is 2. The molecule has 2 nitrogen and oxygen atoms in total. The van der Waals surface area contributed by atoms with E-state index in [-0.39, 0.29) is 35.1 Å². The molecule has 53 heavy (non-hydrogen) atoms. The van der Waals surface area contributed by atoms with Crippen LogP contribution < -0.4 is 0 Å². The molecule has 250 valence electrons. The lowest BCUT2D eigenvalue weighted by molar-refractivity contribution is 0.661. The third-order valence-electron chi connectivity index (χ3n) is 10.8. The van der Waals surface area contributed by atoms with Crippen LogP contribution in [0.15, 0.2) is 182 Å². The van der Waals surface area contributed by atoms with Gasteiger partial charge in [0.05, 0.1) is 16.9 Å². The summed E-state index contributed by atoms with van der Waals surface area (Å²) in [5.74, 6) is 0.450. The van der Waals surface area contributed by atoms with Crippen LogP contribution in [0.1, 0.15) is 30.5 Å².